The first-order valence-corrected chi connectivity index (χ1v) is 11.4. The molecule has 1 N–H and O–H groups in total. The lowest BCUT2D eigenvalue weighted by molar-refractivity contribution is 0.112. The fraction of sp³-hybridized carbons (Fsp3) is 0.273. The van der Waals surface area contributed by atoms with Crippen LogP contribution in [0.5, 0.6) is 0 Å². The monoisotopic (exact) mass is 409 g/mol. The van der Waals surface area contributed by atoms with Crippen molar-refractivity contribution in [2.45, 2.75) is 18.9 Å². The van der Waals surface area contributed by atoms with E-state index >= 15 is 0 Å². The van der Waals surface area contributed by atoms with E-state index in [1.807, 2.05) is 30.5 Å². The van der Waals surface area contributed by atoms with Gasteiger partial charge in [-0.3, -0.25) is 9.78 Å². The summed E-state index contributed by atoms with van der Waals surface area (Å²) in [7, 11) is -3.14. The molecule has 1 aliphatic heterocycles. The maximum atomic E-state index is 11.8. The number of sulfonamides is 1. The molecule has 0 saturated carbocycles. The van der Waals surface area contributed by atoms with E-state index in [-0.39, 0.29) is 6.04 Å². The molecular formula is C22H23N3O3S. The Morgan fingerprint density at radius 2 is 1.90 bits per heavy atom. The van der Waals surface area contributed by atoms with Crippen molar-refractivity contribution in [2.24, 2.45) is 0 Å². The zero-order chi connectivity index (χ0) is 20.4. The van der Waals surface area contributed by atoms with Crippen molar-refractivity contribution in [2.75, 3.05) is 24.7 Å². The van der Waals surface area contributed by atoms with Gasteiger partial charge in [-0.05, 0) is 53.6 Å². The minimum absolute atomic E-state index is 0.188. The normalized spacial score (nSPS) is 16.0. The number of pyridine rings is 1. The van der Waals surface area contributed by atoms with Crippen LogP contribution in [-0.2, 0) is 10.0 Å². The van der Waals surface area contributed by atoms with Gasteiger partial charge in [0.1, 0.15) is 6.29 Å². The molecule has 3 aromatic rings. The van der Waals surface area contributed by atoms with Gasteiger partial charge in [0.15, 0.2) is 0 Å². The van der Waals surface area contributed by atoms with Crippen molar-refractivity contribution in [3.05, 3.63) is 60.4 Å². The topological polar surface area (TPSA) is 79.4 Å². The van der Waals surface area contributed by atoms with Gasteiger partial charge in [0.2, 0.25) is 10.0 Å². The minimum atomic E-state index is -3.14. The summed E-state index contributed by atoms with van der Waals surface area (Å²) in [6.45, 7) is 1.04. The number of carbonyl (C=O) groups excluding carboxylic acids is 1. The molecule has 1 aliphatic rings. The van der Waals surface area contributed by atoms with Crippen LogP contribution >= 0.6 is 0 Å². The van der Waals surface area contributed by atoms with E-state index in [2.05, 4.69) is 22.4 Å². The molecule has 150 valence electrons. The summed E-state index contributed by atoms with van der Waals surface area (Å²) in [4.78, 5) is 15.4. The second-order valence-electron chi connectivity index (χ2n) is 7.44. The summed E-state index contributed by atoms with van der Waals surface area (Å²) < 4.78 is 25.0. The SMILES string of the molecule is CS(=O)(=O)N1CCC(Nc2cc(-c3cccc(C=O)c3)cc3ccncc23)CC1. The molecular weight excluding hydrogens is 386 g/mol. The van der Waals surface area contributed by atoms with Gasteiger partial charge in [-0.2, -0.15) is 0 Å². The van der Waals surface area contributed by atoms with Crippen LogP contribution in [0.1, 0.15) is 23.2 Å². The average molecular weight is 410 g/mol. The second kappa shape index (κ2) is 7.93. The summed E-state index contributed by atoms with van der Waals surface area (Å²) in [5.41, 5.74) is 3.60. The molecule has 0 aliphatic carbocycles. The lowest BCUT2D eigenvalue weighted by atomic mass is 9.98. The van der Waals surface area contributed by atoms with Crippen molar-refractivity contribution < 1.29 is 13.2 Å². The van der Waals surface area contributed by atoms with Crippen LogP contribution in [0.15, 0.2) is 54.9 Å². The molecule has 6 nitrogen and oxygen atoms in total. The van der Waals surface area contributed by atoms with Gasteiger partial charge in [0.25, 0.3) is 0 Å². The number of anilines is 1. The summed E-state index contributed by atoms with van der Waals surface area (Å²) >= 11 is 0. The van der Waals surface area contributed by atoms with E-state index in [0.717, 1.165) is 46.7 Å². The van der Waals surface area contributed by atoms with Crippen LogP contribution in [0.25, 0.3) is 21.9 Å². The molecule has 4 rings (SSSR count). The van der Waals surface area contributed by atoms with Crippen LogP contribution in [0.3, 0.4) is 0 Å². The smallest absolute Gasteiger partial charge is 0.211 e. The van der Waals surface area contributed by atoms with Crippen LogP contribution in [0, 0.1) is 0 Å². The fourth-order valence-corrected chi connectivity index (χ4v) is 4.70. The van der Waals surface area contributed by atoms with Crippen molar-refractivity contribution in [1.82, 2.24) is 9.29 Å². The van der Waals surface area contributed by atoms with Gasteiger partial charge in [-0.1, -0.05) is 18.2 Å². The third kappa shape index (κ3) is 4.31. The lowest BCUT2D eigenvalue weighted by Crippen LogP contribution is -2.41. The number of carbonyl (C=O) groups is 1. The summed E-state index contributed by atoms with van der Waals surface area (Å²) in [6, 6.07) is 13.9. The zero-order valence-electron chi connectivity index (χ0n) is 16.2. The highest BCUT2D eigenvalue weighted by molar-refractivity contribution is 7.88. The Bertz CT molecular complexity index is 1150. The molecule has 1 saturated heterocycles. The van der Waals surface area contributed by atoms with E-state index in [0.29, 0.717) is 18.7 Å². The Hall–Kier alpha value is -2.77. The Balaban J connectivity index is 1.66. The molecule has 2 aromatic carbocycles. The third-order valence-corrected chi connectivity index (χ3v) is 6.70. The second-order valence-corrected chi connectivity index (χ2v) is 9.43. The predicted molar refractivity (Wildman–Crippen MR) is 116 cm³/mol. The molecule has 0 spiro atoms. The molecule has 1 fully saturated rings. The fourth-order valence-electron chi connectivity index (χ4n) is 3.83. The van der Waals surface area contributed by atoms with Gasteiger partial charge in [-0.15, -0.1) is 0 Å². The molecule has 0 radical (unpaired) electrons. The van der Waals surface area contributed by atoms with E-state index in [4.69, 9.17) is 0 Å². The van der Waals surface area contributed by atoms with Gasteiger partial charge >= 0.3 is 0 Å². The molecule has 0 amide bonds. The summed E-state index contributed by atoms with van der Waals surface area (Å²) in [5.74, 6) is 0. The molecule has 0 unspecified atom stereocenters. The number of piperidine rings is 1. The number of fused-ring (bicyclic) bond motifs is 1. The maximum absolute atomic E-state index is 11.8. The first-order chi connectivity index (χ1) is 13.9. The Morgan fingerprint density at radius 1 is 1.10 bits per heavy atom. The van der Waals surface area contributed by atoms with Crippen molar-refractivity contribution in [3.8, 4) is 11.1 Å². The number of benzene rings is 2. The van der Waals surface area contributed by atoms with E-state index in [1.54, 1.807) is 12.3 Å². The number of hydrogen-bond acceptors (Lipinski definition) is 5. The van der Waals surface area contributed by atoms with Crippen LogP contribution in [0.2, 0.25) is 0 Å². The van der Waals surface area contributed by atoms with E-state index in [1.165, 1.54) is 10.6 Å². The Labute approximate surface area is 170 Å². The Morgan fingerprint density at radius 3 is 2.62 bits per heavy atom. The molecule has 29 heavy (non-hydrogen) atoms. The highest BCUT2D eigenvalue weighted by Gasteiger charge is 2.25. The van der Waals surface area contributed by atoms with E-state index in [9.17, 15) is 13.2 Å². The van der Waals surface area contributed by atoms with Gasteiger partial charge in [0, 0.05) is 48.2 Å². The number of aldehydes is 1. The number of rotatable bonds is 5. The highest BCUT2D eigenvalue weighted by atomic mass is 32.2. The molecule has 1 aromatic heterocycles. The van der Waals surface area contributed by atoms with Crippen LogP contribution < -0.4 is 5.32 Å². The molecule has 0 bridgehead atoms. The van der Waals surface area contributed by atoms with E-state index < -0.39 is 10.0 Å². The van der Waals surface area contributed by atoms with Crippen LogP contribution in [-0.4, -0.2) is 49.4 Å². The first kappa shape index (κ1) is 19.5. The standard InChI is InChI=1S/C22H23N3O3S/c1-29(27,28)25-9-6-20(7-10-25)24-22-13-19(12-18-5-8-23-14-21(18)22)17-4-2-3-16(11-17)15-26/h2-5,8,11-15,20,24H,6-7,9-10H2,1H3. The highest BCUT2D eigenvalue weighted by Crippen LogP contribution is 2.32. The average Bonchev–Trinajstić information content (AvgIpc) is 2.73. The lowest BCUT2D eigenvalue weighted by Gasteiger charge is -2.31. The maximum Gasteiger partial charge on any atom is 0.211 e. The van der Waals surface area contributed by atoms with Crippen LogP contribution in [0.4, 0.5) is 5.69 Å². The number of nitrogens with one attached hydrogen (secondary N) is 1. The third-order valence-electron chi connectivity index (χ3n) is 5.39. The van der Waals surface area contributed by atoms with Crippen molar-refractivity contribution in [1.29, 1.82) is 0 Å². The molecule has 0 atom stereocenters. The number of aromatic nitrogens is 1. The van der Waals surface area contributed by atoms with Gasteiger partial charge < -0.3 is 5.32 Å². The summed E-state index contributed by atoms with van der Waals surface area (Å²) in [5, 5.41) is 5.69. The largest absolute Gasteiger partial charge is 0.382 e. The zero-order valence-corrected chi connectivity index (χ0v) is 17.0. The molecule has 2 heterocycles. The number of nitrogens with zero attached hydrogens (tertiary/aromatic N) is 2. The van der Waals surface area contributed by atoms with Crippen molar-refractivity contribution in [3.63, 3.8) is 0 Å². The quantitative estimate of drug-likeness (QED) is 0.652. The molecule has 7 heteroatoms. The first-order valence-electron chi connectivity index (χ1n) is 9.59. The van der Waals surface area contributed by atoms with Gasteiger partial charge in [-0.25, -0.2) is 12.7 Å². The van der Waals surface area contributed by atoms with Crippen molar-refractivity contribution >= 4 is 32.8 Å². The van der Waals surface area contributed by atoms with Gasteiger partial charge in [0.05, 0.1) is 6.26 Å². The Kier molecular flexibility index (Phi) is 5.34. The predicted octanol–water partition coefficient (Wildman–Crippen LogP) is 3.55. The summed E-state index contributed by atoms with van der Waals surface area (Å²) in [6.07, 6.45) is 7.22. The number of hydrogen-bond donors (Lipinski definition) is 1. The minimum Gasteiger partial charge on any atom is -0.382 e.